The van der Waals surface area contributed by atoms with Gasteiger partial charge in [0.1, 0.15) is 8.07 Å². The summed E-state index contributed by atoms with van der Waals surface area (Å²) in [5, 5.41) is 12.9. The lowest BCUT2D eigenvalue weighted by molar-refractivity contribution is 0.939. The Morgan fingerprint density at radius 2 is 1.12 bits per heavy atom. The molecule has 9 heteroatoms. The van der Waals surface area contributed by atoms with Crippen molar-refractivity contribution in [3.63, 3.8) is 0 Å². The topological polar surface area (TPSA) is 0 Å². The van der Waals surface area contributed by atoms with Crippen LogP contribution in [0.4, 0.5) is 0 Å². The largest absolute Gasteiger partial charge is 0.133 e. The number of fused-ring (bicyclic) bond motifs is 6. The van der Waals surface area contributed by atoms with Gasteiger partial charge in [-0.05, 0) is 31.9 Å². The van der Waals surface area contributed by atoms with Crippen molar-refractivity contribution in [1.82, 2.24) is 0 Å². The minimum atomic E-state index is -1.50. The van der Waals surface area contributed by atoms with Crippen LogP contribution in [0.1, 0.15) is 40.0 Å². The van der Waals surface area contributed by atoms with Crippen molar-refractivity contribution in [3.05, 3.63) is 25.1 Å². The summed E-state index contributed by atoms with van der Waals surface area (Å²) in [6.07, 6.45) is 3.92. The standard InChI is InChI=1S/C25H24Br2S6Si/c1-4-7-34(8-5-2,9-6-3)25-20(27)19-17-14(11-29-22(17)32-24(19)33-25)13-10-28-21-16(13)18-15(26)12-30-23(18)31-21/h10-12H,4-9H2,1-3H3. The molecule has 0 N–H and O–H groups in total. The maximum atomic E-state index is 4.22. The van der Waals surface area contributed by atoms with Gasteiger partial charge >= 0.3 is 0 Å². The third-order valence-corrected chi connectivity index (χ3v) is 23.2. The number of halogens is 2. The average molecular weight is 705 g/mol. The highest BCUT2D eigenvalue weighted by Gasteiger charge is 2.37. The SMILES string of the molecule is CCC[Si](CCC)(CCC)c1sc2sc3scc(-c4csc5sc6scc(Br)c6c45)c3c2c1Br. The molecule has 0 fully saturated rings. The predicted molar refractivity (Wildman–Crippen MR) is 175 cm³/mol. The van der Waals surface area contributed by atoms with Crippen LogP contribution in [-0.4, -0.2) is 8.07 Å². The van der Waals surface area contributed by atoms with Crippen molar-refractivity contribution in [2.45, 2.75) is 58.2 Å². The van der Waals surface area contributed by atoms with E-state index in [4.69, 9.17) is 0 Å². The summed E-state index contributed by atoms with van der Waals surface area (Å²) in [6.45, 7) is 7.16. The van der Waals surface area contributed by atoms with Crippen molar-refractivity contribution in [1.29, 1.82) is 0 Å². The summed E-state index contributed by atoms with van der Waals surface area (Å²) in [7, 11) is -1.50. The fraction of sp³-hybridized carbons (Fsp3) is 0.360. The molecule has 0 radical (unpaired) electrons. The maximum Gasteiger partial charge on any atom is 0.101 e. The van der Waals surface area contributed by atoms with Gasteiger partial charge in [0, 0.05) is 62.3 Å². The molecule has 0 aliphatic rings. The van der Waals surface area contributed by atoms with E-state index in [9.17, 15) is 0 Å². The zero-order valence-electron chi connectivity index (χ0n) is 19.2. The molecule has 0 spiro atoms. The molecule has 0 aliphatic heterocycles. The molecule has 6 aromatic heterocycles. The van der Waals surface area contributed by atoms with Gasteiger partial charge in [-0.3, -0.25) is 0 Å². The maximum absolute atomic E-state index is 4.22. The highest BCUT2D eigenvalue weighted by atomic mass is 79.9. The summed E-state index contributed by atoms with van der Waals surface area (Å²) in [5.74, 6) is 0. The normalized spacial score (nSPS) is 13.0. The average Bonchev–Trinajstić information content (AvgIpc) is 3.60. The van der Waals surface area contributed by atoms with Crippen LogP contribution in [0.2, 0.25) is 18.1 Å². The van der Waals surface area contributed by atoms with E-state index in [1.54, 1.807) is 4.50 Å². The van der Waals surface area contributed by atoms with Crippen molar-refractivity contribution in [3.8, 4) is 11.1 Å². The monoisotopic (exact) mass is 702 g/mol. The second-order valence-electron chi connectivity index (χ2n) is 9.01. The summed E-state index contributed by atoms with van der Waals surface area (Å²) < 4.78 is 10.3. The van der Waals surface area contributed by atoms with E-state index in [1.165, 1.54) is 95.1 Å². The fourth-order valence-electron chi connectivity index (χ4n) is 5.65. The fourth-order valence-corrected chi connectivity index (χ4v) is 23.2. The first-order chi connectivity index (χ1) is 16.5. The Bertz CT molecular complexity index is 1620. The van der Waals surface area contributed by atoms with Crippen molar-refractivity contribution >= 4 is 150 Å². The van der Waals surface area contributed by atoms with E-state index >= 15 is 0 Å². The number of hydrogen-bond donors (Lipinski definition) is 0. The molecule has 0 aliphatic carbocycles. The first-order valence-electron chi connectivity index (χ1n) is 11.7. The quantitative estimate of drug-likeness (QED) is 0.138. The van der Waals surface area contributed by atoms with E-state index < -0.39 is 8.07 Å². The van der Waals surface area contributed by atoms with Crippen molar-refractivity contribution < 1.29 is 0 Å². The van der Waals surface area contributed by atoms with E-state index in [2.05, 4.69) is 80.1 Å². The molecule has 0 atom stereocenters. The van der Waals surface area contributed by atoms with Crippen LogP contribution >= 0.6 is 99.9 Å². The van der Waals surface area contributed by atoms with E-state index in [0.29, 0.717) is 0 Å². The van der Waals surface area contributed by atoms with E-state index in [-0.39, 0.29) is 0 Å². The zero-order valence-corrected chi connectivity index (χ0v) is 28.3. The van der Waals surface area contributed by atoms with Gasteiger partial charge in [-0.1, -0.05) is 58.2 Å². The van der Waals surface area contributed by atoms with Crippen LogP contribution in [0.3, 0.4) is 0 Å². The van der Waals surface area contributed by atoms with Crippen molar-refractivity contribution in [2.75, 3.05) is 0 Å². The second kappa shape index (κ2) is 9.62. The smallest absolute Gasteiger partial charge is 0.101 e. The molecular formula is C25H24Br2S6Si. The first kappa shape index (κ1) is 24.7. The van der Waals surface area contributed by atoms with Gasteiger partial charge in [-0.25, -0.2) is 0 Å². The van der Waals surface area contributed by atoms with E-state index in [0.717, 1.165) is 0 Å². The minimum absolute atomic E-state index is 1.24. The van der Waals surface area contributed by atoms with Gasteiger partial charge in [0.05, 0.1) is 16.1 Å². The Balaban J connectivity index is 1.61. The number of thiophene rings is 6. The molecule has 0 saturated carbocycles. The Morgan fingerprint density at radius 1 is 0.618 bits per heavy atom. The second-order valence-corrected chi connectivity index (χ2v) is 22.3. The summed E-state index contributed by atoms with van der Waals surface area (Å²) >= 11 is 19.9. The van der Waals surface area contributed by atoms with Gasteiger partial charge in [0.25, 0.3) is 0 Å². The van der Waals surface area contributed by atoms with Gasteiger partial charge in [0.15, 0.2) is 0 Å². The Labute approximate surface area is 241 Å². The van der Waals surface area contributed by atoms with Crippen LogP contribution < -0.4 is 4.50 Å². The van der Waals surface area contributed by atoms with Crippen molar-refractivity contribution in [2.24, 2.45) is 0 Å². The molecule has 0 amide bonds. The molecule has 178 valence electrons. The third-order valence-electron chi connectivity index (χ3n) is 6.87. The van der Waals surface area contributed by atoms with E-state index in [1.807, 2.05) is 56.7 Å². The van der Waals surface area contributed by atoms with Crippen LogP contribution in [0, 0.1) is 0 Å². The van der Waals surface area contributed by atoms with Crippen LogP contribution in [0.15, 0.2) is 25.1 Å². The number of rotatable bonds is 8. The zero-order chi connectivity index (χ0) is 23.6. The molecule has 6 rings (SSSR count). The van der Waals surface area contributed by atoms with Gasteiger partial charge in [-0.2, -0.15) is 0 Å². The first-order valence-corrected chi connectivity index (χ1v) is 21.0. The molecule has 0 unspecified atom stereocenters. The molecule has 34 heavy (non-hydrogen) atoms. The number of hydrogen-bond acceptors (Lipinski definition) is 6. The lowest BCUT2D eigenvalue weighted by Gasteiger charge is -2.30. The summed E-state index contributed by atoms with van der Waals surface area (Å²) in [4.78, 5) is 0. The Morgan fingerprint density at radius 3 is 1.71 bits per heavy atom. The Hall–Kier alpha value is 0.417. The molecule has 0 bridgehead atoms. The lowest BCUT2D eigenvalue weighted by Crippen LogP contribution is -2.46. The summed E-state index contributed by atoms with van der Waals surface area (Å²) in [6, 6.07) is 4.26. The molecule has 0 aromatic carbocycles. The van der Waals surface area contributed by atoms with Gasteiger partial charge < -0.3 is 0 Å². The highest BCUT2D eigenvalue weighted by molar-refractivity contribution is 9.11. The van der Waals surface area contributed by atoms with Crippen LogP contribution in [0.25, 0.3) is 48.7 Å². The van der Waals surface area contributed by atoms with Gasteiger partial charge in [0.2, 0.25) is 0 Å². The Kier molecular flexibility index (Phi) is 7.00. The van der Waals surface area contributed by atoms with Crippen LogP contribution in [0.5, 0.6) is 0 Å². The molecule has 0 nitrogen and oxygen atoms in total. The van der Waals surface area contributed by atoms with Crippen LogP contribution in [-0.2, 0) is 0 Å². The minimum Gasteiger partial charge on any atom is -0.133 e. The van der Waals surface area contributed by atoms with Gasteiger partial charge in [-0.15, -0.1) is 68.0 Å². The molecular weight excluding hydrogens is 681 g/mol. The summed E-state index contributed by atoms with van der Waals surface area (Å²) in [5.41, 5.74) is 2.87. The highest BCUT2D eigenvalue weighted by Crippen LogP contribution is 2.54. The molecule has 6 aromatic rings. The molecule has 6 heterocycles. The molecule has 0 saturated heterocycles. The lowest BCUT2D eigenvalue weighted by atomic mass is 10.0. The third kappa shape index (κ3) is 3.67. The predicted octanol–water partition coefficient (Wildman–Crippen LogP) is 12.7.